The molecule has 2 aromatic carbocycles. The van der Waals surface area contributed by atoms with Gasteiger partial charge in [-0.15, -0.1) is 0 Å². The number of methoxy groups -OCH3 is 1. The molecule has 0 aliphatic carbocycles. The molecule has 0 saturated carbocycles. The lowest BCUT2D eigenvalue weighted by Gasteiger charge is -2.21. The topological polar surface area (TPSA) is 105 Å². The molecule has 0 fully saturated rings. The van der Waals surface area contributed by atoms with Crippen molar-refractivity contribution in [2.45, 2.75) is 26.9 Å². The van der Waals surface area contributed by atoms with Crippen molar-refractivity contribution in [2.75, 3.05) is 17.7 Å². The number of H-pyrrole nitrogens is 1. The van der Waals surface area contributed by atoms with Crippen molar-refractivity contribution < 1.29 is 13.7 Å². The van der Waals surface area contributed by atoms with E-state index < -0.39 is 0 Å². The van der Waals surface area contributed by atoms with Crippen LogP contribution in [0.5, 0.6) is 5.75 Å². The molecule has 3 aromatic heterocycles. The van der Waals surface area contributed by atoms with E-state index >= 15 is 0 Å². The maximum absolute atomic E-state index is 14.4. The lowest BCUT2D eigenvalue weighted by Crippen LogP contribution is -2.27. The Morgan fingerprint density at radius 1 is 1.17 bits per heavy atom. The van der Waals surface area contributed by atoms with Gasteiger partial charge in [0.25, 0.3) is 0 Å². The molecule has 1 aliphatic rings. The Kier molecular flexibility index (Phi) is 4.60. The van der Waals surface area contributed by atoms with E-state index in [9.17, 15) is 4.39 Å². The van der Waals surface area contributed by atoms with Gasteiger partial charge in [0.1, 0.15) is 40.7 Å². The highest BCUT2D eigenvalue weighted by Crippen LogP contribution is 2.41. The van der Waals surface area contributed by atoms with Gasteiger partial charge in [-0.2, -0.15) is 5.10 Å². The first kappa shape index (κ1) is 21.2. The number of aliphatic imine (C=N–C) groups is 1. The van der Waals surface area contributed by atoms with Crippen molar-refractivity contribution in [2.24, 2.45) is 12.0 Å². The molecule has 0 saturated heterocycles. The number of aromatic amines is 1. The zero-order chi connectivity index (χ0) is 24.4. The van der Waals surface area contributed by atoms with Gasteiger partial charge in [0, 0.05) is 28.9 Å². The van der Waals surface area contributed by atoms with E-state index in [0.29, 0.717) is 28.3 Å². The van der Waals surface area contributed by atoms with Crippen molar-refractivity contribution in [3.05, 3.63) is 53.2 Å². The van der Waals surface area contributed by atoms with Crippen molar-refractivity contribution >= 4 is 39.3 Å². The van der Waals surface area contributed by atoms with E-state index in [1.165, 1.54) is 10.7 Å². The fraction of sp³-hybridized carbons (Fsp3) is 0.240. The van der Waals surface area contributed by atoms with E-state index in [0.717, 1.165) is 44.9 Å². The van der Waals surface area contributed by atoms with Gasteiger partial charge >= 0.3 is 0 Å². The molecule has 0 amide bonds. The van der Waals surface area contributed by atoms with Crippen molar-refractivity contribution in [3.8, 4) is 16.9 Å². The number of benzene rings is 2. The predicted molar refractivity (Wildman–Crippen MR) is 134 cm³/mol. The molecule has 0 radical (unpaired) electrons. The van der Waals surface area contributed by atoms with Gasteiger partial charge in [-0.3, -0.25) is 4.68 Å². The molecule has 1 aliphatic heterocycles. The normalized spacial score (nSPS) is 15.3. The predicted octanol–water partition coefficient (Wildman–Crippen LogP) is 5.10. The maximum atomic E-state index is 14.4. The van der Waals surface area contributed by atoms with E-state index in [2.05, 4.69) is 25.9 Å². The Balaban J connectivity index is 1.52. The van der Waals surface area contributed by atoms with E-state index in [-0.39, 0.29) is 12.0 Å². The Morgan fingerprint density at radius 3 is 2.74 bits per heavy atom. The summed E-state index contributed by atoms with van der Waals surface area (Å²) in [6, 6.07) is 8.97. The van der Waals surface area contributed by atoms with Gasteiger partial charge in [0.15, 0.2) is 5.82 Å². The first-order valence-corrected chi connectivity index (χ1v) is 11.3. The molecule has 10 heteroatoms. The monoisotopic (exact) mass is 473 g/mol. The van der Waals surface area contributed by atoms with Crippen molar-refractivity contribution in [1.82, 2.24) is 19.9 Å². The minimum atomic E-state index is -0.324. The average Bonchev–Trinajstić information content (AvgIpc) is 3.45. The molecule has 178 valence electrons. The van der Waals surface area contributed by atoms with Crippen molar-refractivity contribution in [3.63, 3.8) is 0 Å². The average molecular weight is 474 g/mol. The molecule has 1 atom stereocenters. The highest BCUT2D eigenvalue weighted by Gasteiger charge is 2.27. The highest BCUT2D eigenvalue weighted by molar-refractivity contribution is 6.22. The molecular weight excluding hydrogens is 449 g/mol. The first-order chi connectivity index (χ1) is 16.9. The maximum Gasteiger partial charge on any atom is 0.161 e. The van der Waals surface area contributed by atoms with E-state index in [4.69, 9.17) is 14.3 Å². The Hall–Kier alpha value is -4.34. The zero-order valence-corrected chi connectivity index (χ0v) is 19.9. The summed E-state index contributed by atoms with van der Waals surface area (Å²) in [5, 5.41) is 17.0. The van der Waals surface area contributed by atoms with Crippen LogP contribution < -0.4 is 15.4 Å². The number of ether oxygens (including phenoxy) is 1. The van der Waals surface area contributed by atoms with Crippen LogP contribution in [-0.4, -0.2) is 39.0 Å². The van der Waals surface area contributed by atoms with Crippen LogP contribution in [-0.2, 0) is 7.05 Å². The summed E-state index contributed by atoms with van der Waals surface area (Å²) >= 11 is 0. The number of amidine groups is 1. The van der Waals surface area contributed by atoms with Gasteiger partial charge in [0.05, 0.1) is 23.9 Å². The molecule has 5 aromatic rings. The second-order valence-electron chi connectivity index (χ2n) is 8.70. The lowest BCUT2D eigenvalue weighted by molar-refractivity contribution is 0.393. The van der Waals surface area contributed by atoms with Crippen molar-refractivity contribution in [1.29, 1.82) is 0 Å². The van der Waals surface area contributed by atoms with Crippen LogP contribution in [0.1, 0.15) is 23.9 Å². The summed E-state index contributed by atoms with van der Waals surface area (Å²) in [5.74, 6) is 3.09. The van der Waals surface area contributed by atoms with Gasteiger partial charge in [-0.05, 0) is 45.0 Å². The number of fused-ring (bicyclic) bond motifs is 4. The molecule has 4 heterocycles. The summed E-state index contributed by atoms with van der Waals surface area (Å²) in [5.41, 5.74) is 4.78. The molecule has 9 nitrogen and oxygen atoms in total. The smallest absolute Gasteiger partial charge is 0.161 e. The van der Waals surface area contributed by atoms with Gasteiger partial charge < -0.3 is 24.9 Å². The summed E-state index contributed by atoms with van der Waals surface area (Å²) in [4.78, 5) is 8.28. The van der Waals surface area contributed by atoms with Crippen LogP contribution in [0.2, 0.25) is 0 Å². The molecule has 0 bridgehead atoms. The highest BCUT2D eigenvalue weighted by atomic mass is 19.1. The van der Waals surface area contributed by atoms with E-state index in [1.54, 1.807) is 20.2 Å². The van der Waals surface area contributed by atoms with Gasteiger partial charge in [-0.25, -0.2) is 9.38 Å². The number of hydrogen-bond donors (Lipinski definition) is 3. The molecule has 1 unspecified atom stereocenters. The summed E-state index contributed by atoms with van der Waals surface area (Å²) < 4.78 is 27.1. The number of aryl methyl sites for hydroxylation is 3. The third kappa shape index (κ3) is 3.17. The van der Waals surface area contributed by atoms with Gasteiger partial charge in [-0.1, -0.05) is 11.2 Å². The number of hydrogen-bond acceptors (Lipinski definition) is 7. The number of anilines is 2. The fourth-order valence-electron chi connectivity index (χ4n) is 4.90. The summed E-state index contributed by atoms with van der Waals surface area (Å²) in [6.07, 6.45) is -0.186. The largest absolute Gasteiger partial charge is 0.496 e. The Labute approximate surface area is 200 Å². The number of nitrogens with one attached hydrogen (secondary N) is 3. The number of nitrogens with zero attached hydrogens (tertiary/aromatic N) is 4. The summed E-state index contributed by atoms with van der Waals surface area (Å²) in [7, 11) is 3.37. The van der Waals surface area contributed by atoms with Crippen LogP contribution in [0.4, 0.5) is 16.0 Å². The zero-order valence-electron chi connectivity index (χ0n) is 19.9. The second kappa shape index (κ2) is 7.59. The first-order valence-electron chi connectivity index (χ1n) is 11.3. The molecule has 6 rings (SSSR count). The van der Waals surface area contributed by atoms with Crippen LogP contribution in [0.15, 0.2) is 39.8 Å². The minimum absolute atomic E-state index is 0.186. The number of rotatable bonds is 3. The Morgan fingerprint density at radius 2 is 2.00 bits per heavy atom. The SMILES string of the molecule is COc1cc2c3c([nH]c2cc1-c1c(C)noc1C)NC(C)N=C3Nc1nn(C)c2c(F)cccc12. The van der Waals surface area contributed by atoms with E-state index in [1.807, 2.05) is 39.0 Å². The van der Waals surface area contributed by atoms with Crippen LogP contribution in [0, 0.1) is 19.7 Å². The number of halogens is 1. The fourth-order valence-corrected chi connectivity index (χ4v) is 4.90. The quantitative estimate of drug-likeness (QED) is 0.337. The molecule has 35 heavy (non-hydrogen) atoms. The van der Waals surface area contributed by atoms with Gasteiger partial charge in [0.2, 0.25) is 0 Å². The van der Waals surface area contributed by atoms with Crippen LogP contribution in [0.3, 0.4) is 0 Å². The Bertz CT molecular complexity index is 1640. The number of aromatic nitrogens is 4. The minimum Gasteiger partial charge on any atom is -0.496 e. The summed E-state index contributed by atoms with van der Waals surface area (Å²) in [6.45, 7) is 5.76. The molecule has 3 N–H and O–H groups in total. The van der Waals surface area contributed by atoms with Crippen LogP contribution >= 0.6 is 0 Å². The molecular formula is C25H24FN7O2. The van der Waals surface area contributed by atoms with Crippen LogP contribution in [0.25, 0.3) is 32.9 Å². The third-order valence-corrected chi connectivity index (χ3v) is 6.39. The lowest BCUT2D eigenvalue weighted by atomic mass is 10.00. The second-order valence-corrected chi connectivity index (χ2v) is 8.70. The number of para-hydroxylation sites is 1. The molecule has 0 spiro atoms. The third-order valence-electron chi connectivity index (χ3n) is 6.39. The standard InChI is InChI=1S/C25H24FN7O2/c1-11-20(12(2)35-32-11)16-9-18-15(10-19(16)34-5)21-24(29-18)27-13(3)28-25(21)30-23-14-7-6-8-17(26)22(14)33(4)31-23/h6-10,13,27,29H,1-5H3,(H,28,30,31).